The number of benzene rings is 2. The van der Waals surface area contributed by atoms with Gasteiger partial charge in [0.05, 0.1) is 11.7 Å². The van der Waals surface area contributed by atoms with Gasteiger partial charge in [-0.1, -0.05) is 49.7 Å². The van der Waals surface area contributed by atoms with Gasteiger partial charge in [0, 0.05) is 19.1 Å². The van der Waals surface area contributed by atoms with Gasteiger partial charge in [-0.05, 0) is 49.9 Å². The summed E-state index contributed by atoms with van der Waals surface area (Å²) in [4.78, 5) is 15.6. The number of amides is 1. The lowest BCUT2D eigenvalue weighted by Crippen LogP contribution is -2.50. The molecule has 3 aromatic rings. The summed E-state index contributed by atoms with van der Waals surface area (Å²) >= 11 is 0.961. The minimum absolute atomic E-state index is 0.0312. The molecule has 0 saturated carbocycles. The van der Waals surface area contributed by atoms with E-state index in [9.17, 15) is 13.2 Å². The number of nitrogens with one attached hydrogen (secondary N) is 2. The number of piperidine rings is 1. The van der Waals surface area contributed by atoms with Crippen LogP contribution in [0.1, 0.15) is 38.2 Å². The summed E-state index contributed by atoms with van der Waals surface area (Å²) in [5, 5.41) is 2.97. The molecule has 1 saturated heterocycles. The lowest BCUT2D eigenvalue weighted by Gasteiger charge is -2.35. The number of carbonyl (C=O) groups excluding carboxylic acids is 1. The molecule has 1 amide bonds. The maximum absolute atomic E-state index is 13.3. The Labute approximate surface area is 205 Å². The minimum atomic E-state index is -4.00. The van der Waals surface area contributed by atoms with Gasteiger partial charge >= 0.3 is 0 Å². The van der Waals surface area contributed by atoms with E-state index in [2.05, 4.69) is 30.6 Å². The van der Waals surface area contributed by atoms with Crippen molar-refractivity contribution in [3.8, 4) is 0 Å². The highest BCUT2D eigenvalue weighted by Gasteiger charge is 2.28. The Morgan fingerprint density at radius 2 is 1.97 bits per heavy atom. The van der Waals surface area contributed by atoms with Gasteiger partial charge in [-0.3, -0.25) is 9.69 Å². The first-order valence-corrected chi connectivity index (χ1v) is 14.0. The van der Waals surface area contributed by atoms with E-state index in [1.807, 2.05) is 30.3 Å². The van der Waals surface area contributed by atoms with Crippen LogP contribution in [0.2, 0.25) is 0 Å². The second-order valence-electron chi connectivity index (χ2n) is 8.64. The van der Waals surface area contributed by atoms with Gasteiger partial charge < -0.3 is 5.32 Å². The number of rotatable bonds is 10. The highest BCUT2D eigenvalue weighted by Crippen LogP contribution is 2.22. The Bertz CT molecular complexity index is 1200. The summed E-state index contributed by atoms with van der Waals surface area (Å²) in [6.45, 7) is 4.48. The number of hydrogen-bond acceptors (Lipinski definition) is 7. The average molecular weight is 502 g/mol. The van der Waals surface area contributed by atoms with E-state index in [1.54, 1.807) is 12.1 Å². The number of nitrogens with zero attached hydrogens (tertiary/aromatic N) is 3. The van der Waals surface area contributed by atoms with Crippen molar-refractivity contribution >= 4 is 38.7 Å². The first kappa shape index (κ1) is 24.7. The van der Waals surface area contributed by atoms with Crippen LogP contribution in [0, 0.1) is 0 Å². The van der Waals surface area contributed by atoms with Crippen molar-refractivity contribution in [2.75, 3.05) is 19.6 Å². The molecule has 0 unspecified atom stereocenters. The van der Waals surface area contributed by atoms with E-state index < -0.39 is 16.1 Å². The zero-order valence-corrected chi connectivity index (χ0v) is 20.9. The van der Waals surface area contributed by atoms with Crippen molar-refractivity contribution in [3.63, 3.8) is 0 Å². The van der Waals surface area contributed by atoms with E-state index in [-0.39, 0.29) is 17.2 Å². The van der Waals surface area contributed by atoms with Crippen LogP contribution in [0.3, 0.4) is 0 Å². The van der Waals surface area contributed by atoms with E-state index in [0.29, 0.717) is 23.6 Å². The first-order valence-electron chi connectivity index (χ1n) is 11.8. The van der Waals surface area contributed by atoms with Crippen LogP contribution in [0.5, 0.6) is 0 Å². The topological polar surface area (TPSA) is 104 Å². The fourth-order valence-electron chi connectivity index (χ4n) is 4.55. The summed E-state index contributed by atoms with van der Waals surface area (Å²) < 4.78 is 37.5. The fraction of sp³-hybridized carbons (Fsp3) is 0.458. The van der Waals surface area contributed by atoms with Crippen LogP contribution in [-0.2, 0) is 21.2 Å². The smallest absolute Gasteiger partial charge is 0.243 e. The second kappa shape index (κ2) is 11.4. The lowest BCUT2D eigenvalue weighted by molar-refractivity contribution is -0.122. The van der Waals surface area contributed by atoms with Gasteiger partial charge in [-0.25, -0.2) is 8.42 Å². The number of hydrogen-bond donors (Lipinski definition) is 2. The summed E-state index contributed by atoms with van der Waals surface area (Å²) in [5.41, 5.74) is 1.71. The fourth-order valence-corrected chi connectivity index (χ4v) is 6.51. The number of fused-ring (bicyclic) bond motifs is 1. The standard InChI is InChI=1S/C24H31N5O3S2/c1-2-19-11-6-7-15-29(19)16-14-25-24(30)21(17-18-9-4-3-5-10-18)28-34(31,32)22-13-8-12-20-23(22)27-33-26-20/h3-5,8-10,12-13,19,21,28H,2,6-7,11,14-17H2,1H3,(H,25,30)/t19-,21-/m1/s1. The number of carbonyl (C=O) groups is 1. The van der Waals surface area contributed by atoms with E-state index in [1.165, 1.54) is 25.3 Å². The summed E-state index contributed by atoms with van der Waals surface area (Å²) in [6, 6.07) is 13.9. The number of aromatic nitrogens is 2. The van der Waals surface area contributed by atoms with Gasteiger partial charge in [0.15, 0.2) is 0 Å². The van der Waals surface area contributed by atoms with Crippen LogP contribution >= 0.6 is 11.7 Å². The van der Waals surface area contributed by atoms with Gasteiger partial charge in [-0.15, -0.1) is 0 Å². The maximum Gasteiger partial charge on any atom is 0.243 e. The highest BCUT2D eigenvalue weighted by molar-refractivity contribution is 7.89. The normalized spacial score (nSPS) is 18.1. The molecular weight excluding hydrogens is 470 g/mol. The predicted octanol–water partition coefficient (Wildman–Crippen LogP) is 2.96. The van der Waals surface area contributed by atoms with Crippen LogP contribution in [0.4, 0.5) is 0 Å². The van der Waals surface area contributed by atoms with E-state index >= 15 is 0 Å². The predicted molar refractivity (Wildman–Crippen MR) is 134 cm³/mol. The third-order valence-electron chi connectivity index (χ3n) is 6.35. The Kier molecular flexibility index (Phi) is 8.25. The monoisotopic (exact) mass is 501 g/mol. The molecule has 0 radical (unpaired) electrons. The molecule has 4 rings (SSSR count). The Morgan fingerprint density at radius 3 is 2.76 bits per heavy atom. The van der Waals surface area contributed by atoms with Crippen molar-refractivity contribution in [2.45, 2.75) is 56.0 Å². The van der Waals surface area contributed by atoms with Gasteiger partial charge in [-0.2, -0.15) is 13.5 Å². The summed E-state index contributed by atoms with van der Waals surface area (Å²) in [6.07, 6.45) is 4.97. The zero-order chi connectivity index (χ0) is 24.0. The molecule has 2 aromatic carbocycles. The average Bonchev–Trinajstić information content (AvgIpc) is 3.33. The van der Waals surface area contributed by atoms with E-state index in [0.717, 1.165) is 36.8 Å². The molecular formula is C24H31N5O3S2. The number of likely N-dealkylation sites (tertiary alicyclic amines) is 1. The van der Waals surface area contributed by atoms with Crippen molar-refractivity contribution in [1.82, 2.24) is 23.7 Å². The van der Waals surface area contributed by atoms with Gasteiger partial charge in [0.1, 0.15) is 22.0 Å². The zero-order valence-electron chi connectivity index (χ0n) is 19.3. The largest absolute Gasteiger partial charge is 0.353 e. The number of sulfonamides is 1. The lowest BCUT2D eigenvalue weighted by atomic mass is 10.0. The molecule has 1 aliphatic rings. The van der Waals surface area contributed by atoms with Crippen LogP contribution in [0.25, 0.3) is 11.0 Å². The molecule has 2 atom stereocenters. The molecule has 2 N–H and O–H groups in total. The molecule has 8 nitrogen and oxygen atoms in total. The van der Waals surface area contributed by atoms with Crippen LogP contribution < -0.4 is 10.0 Å². The molecule has 10 heteroatoms. The SMILES string of the molecule is CC[C@@H]1CCCCN1CCNC(=O)[C@@H](Cc1ccccc1)NS(=O)(=O)c1cccc2nsnc12. The van der Waals surface area contributed by atoms with Crippen molar-refractivity contribution < 1.29 is 13.2 Å². The molecule has 1 aromatic heterocycles. The third-order valence-corrected chi connectivity index (χ3v) is 8.40. The van der Waals surface area contributed by atoms with Crippen LogP contribution in [0.15, 0.2) is 53.4 Å². The van der Waals surface area contributed by atoms with Gasteiger partial charge in [0.25, 0.3) is 0 Å². The quantitative estimate of drug-likeness (QED) is 0.443. The Hall–Kier alpha value is -2.40. The second-order valence-corrected chi connectivity index (χ2v) is 10.8. The molecule has 2 heterocycles. The first-order chi connectivity index (χ1) is 16.5. The third kappa shape index (κ3) is 5.99. The van der Waals surface area contributed by atoms with Crippen LogP contribution in [-0.4, -0.2) is 59.7 Å². The molecule has 1 fully saturated rings. The maximum atomic E-state index is 13.3. The van der Waals surface area contributed by atoms with Crippen molar-refractivity contribution in [2.24, 2.45) is 0 Å². The minimum Gasteiger partial charge on any atom is -0.353 e. The van der Waals surface area contributed by atoms with Crippen molar-refractivity contribution in [1.29, 1.82) is 0 Å². The molecule has 182 valence electrons. The molecule has 1 aliphatic heterocycles. The summed E-state index contributed by atoms with van der Waals surface area (Å²) in [5.74, 6) is -0.332. The molecule has 0 spiro atoms. The highest BCUT2D eigenvalue weighted by atomic mass is 32.2. The molecule has 0 bridgehead atoms. The van der Waals surface area contributed by atoms with Gasteiger partial charge in [0.2, 0.25) is 15.9 Å². The molecule has 34 heavy (non-hydrogen) atoms. The van der Waals surface area contributed by atoms with Crippen molar-refractivity contribution in [3.05, 3.63) is 54.1 Å². The summed E-state index contributed by atoms with van der Waals surface area (Å²) in [7, 11) is -4.00. The molecule has 0 aliphatic carbocycles. The Balaban J connectivity index is 1.48. The Morgan fingerprint density at radius 1 is 1.15 bits per heavy atom. The van der Waals surface area contributed by atoms with E-state index in [4.69, 9.17) is 0 Å².